The summed E-state index contributed by atoms with van der Waals surface area (Å²) in [6, 6.07) is 4.32. The van der Waals surface area contributed by atoms with Crippen molar-refractivity contribution in [3.05, 3.63) is 29.8 Å². The van der Waals surface area contributed by atoms with Gasteiger partial charge in [0.2, 0.25) is 0 Å². The van der Waals surface area contributed by atoms with Crippen LogP contribution < -0.4 is 10.5 Å². The largest absolute Gasteiger partial charge is 0.573 e. The lowest BCUT2D eigenvalue weighted by Crippen LogP contribution is -2.36. The second-order valence-corrected chi connectivity index (χ2v) is 4.18. The van der Waals surface area contributed by atoms with Gasteiger partial charge in [0.15, 0.2) is 5.78 Å². The van der Waals surface area contributed by atoms with Gasteiger partial charge in [0, 0.05) is 0 Å². The molecule has 0 radical (unpaired) electrons. The van der Waals surface area contributed by atoms with E-state index in [-0.39, 0.29) is 11.5 Å². The summed E-state index contributed by atoms with van der Waals surface area (Å²) < 4.78 is 40.3. The summed E-state index contributed by atoms with van der Waals surface area (Å²) in [5, 5.41) is 0. The van der Waals surface area contributed by atoms with Crippen LogP contribution in [-0.2, 0) is 0 Å². The number of Topliss-reactive ketones (excluding diaryl/α,β-unsaturated/α-hetero) is 1. The normalized spacial score (nSPS) is 13.5. The van der Waals surface area contributed by atoms with Gasteiger partial charge in [0.05, 0.1) is 11.6 Å². The molecule has 0 fully saturated rings. The first-order chi connectivity index (χ1) is 8.22. The predicted molar refractivity (Wildman–Crippen MR) is 60.3 cm³/mol. The first-order valence-electron chi connectivity index (χ1n) is 5.37. The highest BCUT2D eigenvalue weighted by molar-refractivity contribution is 6.02. The van der Waals surface area contributed by atoms with E-state index in [2.05, 4.69) is 4.74 Å². The van der Waals surface area contributed by atoms with Gasteiger partial charge >= 0.3 is 6.36 Å². The van der Waals surface area contributed by atoms with E-state index in [9.17, 15) is 18.0 Å². The topological polar surface area (TPSA) is 52.3 Å². The summed E-state index contributed by atoms with van der Waals surface area (Å²) in [6.45, 7) is 3.44. The molecule has 6 heteroatoms. The first kappa shape index (κ1) is 14.5. The third-order valence-corrected chi connectivity index (χ3v) is 2.40. The first-order valence-corrected chi connectivity index (χ1v) is 5.37. The Balaban J connectivity index is 3.06. The van der Waals surface area contributed by atoms with Crippen molar-refractivity contribution in [2.75, 3.05) is 0 Å². The lowest BCUT2D eigenvalue weighted by molar-refractivity contribution is -0.274. The molecule has 1 atom stereocenters. The summed E-state index contributed by atoms with van der Waals surface area (Å²) in [6.07, 6.45) is -4.84. The monoisotopic (exact) mass is 261 g/mol. The van der Waals surface area contributed by atoms with Crippen LogP contribution in [-0.4, -0.2) is 18.2 Å². The highest BCUT2D eigenvalue weighted by atomic mass is 19.4. The molecule has 100 valence electrons. The molecule has 0 amide bonds. The van der Waals surface area contributed by atoms with E-state index >= 15 is 0 Å². The summed E-state index contributed by atoms with van der Waals surface area (Å²) in [7, 11) is 0. The molecule has 1 aromatic rings. The van der Waals surface area contributed by atoms with Gasteiger partial charge < -0.3 is 10.5 Å². The molecule has 0 aliphatic carbocycles. The van der Waals surface area contributed by atoms with Gasteiger partial charge in [0.25, 0.3) is 0 Å². The Kier molecular flexibility index (Phi) is 4.34. The van der Waals surface area contributed by atoms with Crippen molar-refractivity contribution in [3.63, 3.8) is 0 Å². The van der Waals surface area contributed by atoms with Crippen LogP contribution in [0.3, 0.4) is 0 Å². The Morgan fingerprint density at radius 2 is 1.83 bits per heavy atom. The SMILES string of the molecule is CC(C)C(N)C(=O)c1ccccc1OC(F)(F)F. The molecule has 0 saturated heterocycles. The minimum Gasteiger partial charge on any atom is -0.405 e. The molecule has 0 aliphatic rings. The molecule has 2 N–H and O–H groups in total. The maximum atomic E-state index is 12.2. The van der Waals surface area contributed by atoms with E-state index in [0.717, 1.165) is 6.07 Å². The van der Waals surface area contributed by atoms with E-state index in [1.807, 2.05) is 0 Å². The van der Waals surface area contributed by atoms with Crippen molar-refractivity contribution in [1.82, 2.24) is 0 Å². The number of hydrogen-bond donors (Lipinski definition) is 1. The number of carbonyl (C=O) groups excluding carboxylic acids is 1. The molecule has 1 rings (SSSR count). The zero-order valence-corrected chi connectivity index (χ0v) is 9.99. The summed E-state index contributed by atoms with van der Waals surface area (Å²) in [4.78, 5) is 11.9. The molecule has 1 aromatic carbocycles. The molecule has 0 saturated carbocycles. The van der Waals surface area contributed by atoms with Crippen LogP contribution >= 0.6 is 0 Å². The third kappa shape index (κ3) is 3.73. The molecule has 0 aliphatic heterocycles. The summed E-state index contributed by atoms with van der Waals surface area (Å²) in [5.74, 6) is -1.26. The Hall–Kier alpha value is -1.56. The third-order valence-electron chi connectivity index (χ3n) is 2.40. The summed E-state index contributed by atoms with van der Waals surface area (Å²) >= 11 is 0. The maximum absolute atomic E-state index is 12.2. The quantitative estimate of drug-likeness (QED) is 0.848. The Bertz CT molecular complexity index is 430. The molecule has 0 aromatic heterocycles. The summed E-state index contributed by atoms with van der Waals surface area (Å²) in [5.41, 5.74) is 5.48. The molecular weight excluding hydrogens is 247 g/mol. The number of halogens is 3. The van der Waals surface area contributed by atoms with Gasteiger partial charge in [-0.2, -0.15) is 0 Å². The number of alkyl halides is 3. The lowest BCUT2D eigenvalue weighted by Gasteiger charge is -2.17. The number of benzene rings is 1. The van der Waals surface area contributed by atoms with Gasteiger partial charge in [-0.05, 0) is 18.1 Å². The number of hydrogen-bond acceptors (Lipinski definition) is 3. The average Bonchev–Trinajstić information content (AvgIpc) is 2.25. The molecule has 0 spiro atoms. The predicted octanol–water partition coefficient (Wildman–Crippen LogP) is 2.75. The zero-order chi connectivity index (χ0) is 13.9. The smallest absolute Gasteiger partial charge is 0.405 e. The van der Waals surface area contributed by atoms with Crippen LogP contribution in [0.5, 0.6) is 5.75 Å². The standard InChI is InChI=1S/C12H14F3NO2/c1-7(2)10(16)11(17)8-5-3-4-6-9(8)18-12(13,14)15/h3-7,10H,16H2,1-2H3. The second kappa shape index (κ2) is 5.39. The van der Waals surface area contributed by atoms with Crippen molar-refractivity contribution in [2.45, 2.75) is 26.3 Å². The van der Waals surface area contributed by atoms with E-state index in [4.69, 9.17) is 5.73 Å². The van der Waals surface area contributed by atoms with Crippen LogP contribution in [0.2, 0.25) is 0 Å². The fraction of sp³-hybridized carbons (Fsp3) is 0.417. The van der Waals surface area contributed by atoms with Gasteiger partial charge in [-0.15, -0.1) is 13.2 Å². The van der Waals surface area contributed by atoms with Crippen molar-refractivity contribution in [3.8, 4) is 5.75 Å². The number of rotatable bonds is 4. The van der Waals surface area contributed by atoms with E-state index < -0.39 is 23.9 Å². The molecular formula is C12H14F3NO2. The lowest BCUT2D eigenvalue weighted by atomic mass is 9.95. The molecule has 3 nitrogen and oxygen atoms in total. The van der Waals surface area contributed by atoms with Crippen LogP contribution in [0.1, 0.15) is 24.2 Å². The Morgan fingerprint density at radius 1 is 1.28 bits per heavy atom. The van der Waals surface area contributed by atoms with Crippen molar-refractivity contribution >= 4 is 5.78 Å². The second-order valence-electron chi connectivity index (χ2n) is 4.18. The van der Waals surface area contributed by atoms with E-state index in [1.54, 1.807) is 13.8 Å². The molecule has 1 unspecified atom stereocenters. The Labute approximate surface area is 103 Å². The highest BCUT2D eigenvalue weighted by Crippen LogP contribution is 2.27. The number of para-hydroxylation sites is 1. The minimum atomic E-state index is -4.84. The van der Waals surface area contributed by atoms with Gasteiger partial charge in [0.1, 0.15) is 5.75 Å². The van der Waals surface area contributed by atoms with Crippen molar-refractivity contribution in [1.29, 1.82) is 0 Å². The molecule has 18 heavy (non-hydrogen) atoms. The van der Waals surface area contributed by atoms with Crippen LogP contribution in [0.4, 0.5) is 13.2 Å². The number of ether oxygens (including phenoxy) is 1. The highest BCUT2D eigenvalue weighted by Gasteiger charge is 2.33. The van der Waals surface area contributed by atoms with Gasteiger partial charge in [-0.1, -0.05) is 26.0 Å². The van der Waals surface area contributed by atoms with E-state index in [1.165, 1.54) is 18.2 Å². The average molecular weight is 261 g/mol. The number of carbonyl (C=O) groups is 1. The maximum Gasteiger partial charge on any atom is 0.573 e. The zero-order valence-electron chi connectivity index (χ0n) is 9.99. The van der Waals surface area contributed by atoms with Crippen molar-refractivity contribution < 1.29 is 22.7 Å². The number of ketones is 1. The molecule has 0 bridgehead atoms. The van der Waals surface area contributed by atoms with Gasteiger partial charge in [-0.3, -0.25) is 4.79 Å². The fourth-order valence-electron chi connectivity index (χ4n) is 1.37. The van der Waals surface area contributed by atoms with Crippen molar-refractivity contribution in [2.24, 2.45) is 11.7 Å². The van der Waals surface area contributed by atoms with Crippen LogP contribution in [0.25, 0.3) is 0 Å². The minimum absolute atomic E-state index is 0.156. The Morgan fingerprint density at radius 3 is 2.33 bits per heavy atom. The van der Waals surface area contributed by atoms with Crippen LogP contribution in [0, 0.1) is 5.92 Å². The number of nitrogens with two attached hydrogens (primary N) is 1. The van der Waals surface area contributed by atoms with Gasteiger partial charge in [-0.25, -0.2) is 0 Å². The molecule has 0 heterocycles. The van der Waals surface area contributed by atoms with E-state index in [0.29, 0.717) is 0 Å². The fourth-order valence-corrected chi connectivity index (χ4v) is 1.37. The van der Waals surface area contributed by atoms with Crippen LogP contribution in [0.15, 0.2) is 24.3 Å².